The first-order valence-electron chi connectivity index (χ1n) is 10.0. The maximum atomic E-state index is 11.9. The number of aliphatic hydroxyl groups is 1. The molecular weight excluding hydrogens is 284 g/mol. The van der Waals surface area contributed by atoms with Crippen LogP contribution in [0.4, 0.5) is 0 Å². The molecule has 4 fully saturated rings. The van der Waals surface area contributed by atoms with Crippen molar-refractivity contribution in [2.24, 2.45) is 40.4 Å². The molecule has 4 aliphatic rings. The first-order valence-corrected chi connectivity index (χ1v) is 10.0. The van der Waals surface area contributed by atoms with Gasteiger partial charge in [-0.05, 0) is 99.2 Å². The predicted octanol–water partition coefficient (Wildman–Crippen LogP) is 4.60. The molecule has 4 aliphatic carbocycles. The third-order valence-corrected chi connectivity index (χ3v) is 9.19. The molecule has 2 nitrogen and oxygen atoms in total. The summed E-state index contributed by atoms with van der Waals surface area (Å²) in [6, 6.07) is 0. The molecule has 0 aliphatic heterocycles. The zero-order valence-corrected chi connectivity index (χ0v) is 15.2. The van der Waals surface area contributed by atoms with Crippen LogP contribution in [0.5, 0.6) is 0 Å². The lowest BCUT2D eigenvalue weighted by Gasteiger charge is -2.60. The molecule has 4 rings (SSSR count). The van der Waals surface area contributed by atoms with E-state index in [2.05, 4.69) is 13.8 Å². The molecule has 0 unspecified atom stereocenters. The average Bonchev–Trinajstić information content (AvgIpc) is 2.82. The highest BCUT2D eigenvalue weighted by atomic mass is 16.3. The van der Waals surface area contributed by atoms with Gasteiger partial charge in [0, 0.05) is 5.92 Å². The summed E-state index contributed by atoms with van der Waals surface area (Å²) >= 11 is 0. The maximum absolute atomic E-state index is 11.9. The van der Waals surface area contributed by atoms with Crippen molar-refractivity contribution in [3.05, 3.63) is 0 Å². The Morgan fingerprint density at radius 3 is 2.35 bits per heavy atom. The SMILES string of the molecule is CC(=O)[C@H]1CC[C@@]2(C)[C@@H](CC[C@H]3[C@H]2CC[C@]2(C)[C@@H]3CC[C@@H]2O)C1. The van der Waals surface area contributed by atoms with E-state index in [1.165, 1.54) is 38.5 Å². The number of hydrogen-bond donors (Lipinski definition) is 1. The van der Waals surface area contributed by atoms with E-state index >= 15 is 0 Å². The van der Waals surface area contributed by atoms with Gasteiger partial charge in [0.2, 0.25) is 0 Å². The van der Waals surface area contributed by atoms with E-state index in [4.69, 9.17) is 0 Å². The second kappa shape index (κ2) is 5.31. The lowest BCUT2D eigenvalue weighted by Crippen LogP contribution is -2.54. The van der Waals surface area contributed by atoms with Gasteiger partial charge in [-0.3, -0.25) is 4.79 Å². The van der Waals surface area contributed by atoms with E-state index in [1.54, 1.807) is 6.92 Å². The fourth-order valence-electron chi connectivity index (χ4n) is 7.60. The van der Waals surface area contributed by atoms with Crippen molar-refractivity contribution < 1.29 is 9.90 Å². The molecule has 0 amide bonds. The summed E-state index contributed by atoms with van der Waals surface area (Å²) < 4.78 is 0. The van der Waals surface area contributed by atoms with E-state index < -0.39 is 0 Å². The third-order valence-electron chi connectivity index (χ3n) is 9.19. The second-order valence-corrected chi connectivity index (χ2v) is 9.88. The molecule has 1 N–H and O–H groups in total. The lowest BCUT2D eigenvalue weighted by molar-refractivity contribution is -0.138. The maximum Gasteiger partial charge on any atom is 0.132 e. The zero-order chi connectivity index (χ0) is 16.4. The quantitative estimate of drug-likeness (QED) is 0.767. The van der Waals surface area contributed by atoms with Crippen molar-refractivity contribution >= 4 is 5.78 Å². The van der Waals surface area contributed by atoms with Crippen molar-refractivity contribution in [1.29, 1.82) is 0 Å². The number of hydrogen-bond acceptors (Lipinski definition) is 2. The molecule has 0 bridgehead atoms. The van der Waals surface area contributed by atoms with Crippen molar-refractivity contribution in [2.45, 2.75) is 84.7 Å². The molecule has 0 heterocycles. The van der Waals surface area contributed by atoms with Crippen LogP contribution in [-0.4, -0.2) is 17.0 Å². The monoisotopic (exact) mass is 318 g/mol. The summed E-state index contributed by atoms with van der Waals surface area (Å²) in [6.45, 7) is 6.72. The Balaban J connectivity index is 1.58. The highest BCUT2D eigenvalue weighted by molar-refractivity contribution is 5.78. The zero-order valence-electron chi connectivity index (χ0n) is 15.2. The molecule has 0 aromatic heterocycles. The summed E-state index contributed by atoms with van der Waals surface area (Å²) in [5.74, 6) is 3.95. The minimum absolute atomic E-state index is 0.0626. The van der Waals surface area contributed by atoms with Crippen molar-refractivity contribution in [3.63, 3.8) is 0 Å². The standard InChI is InChI=1S/C21H34O2/c1-13(22)14-8-10-20(2)15(12-14)4-5-16-17-6-7-19(23)21(17,3)11-9-18(16)20/h14-19,23H,4-12H2,1-3H3/t14-,15-,16+,17+,18+,19-,20-,21+/m0/s1. The van der Waals surface area contributed by atoms with Gasteiger partial charge < -0.3 is 5.11 Å². The number of ketones is 1. The van der Waals surface area contributed by atoms with Gasteiger partial charge in [0.1, 0.15) is 5.78 Å². The lowest BCUT2D eigenvalue weighted by atomic mass is 9.44. The van der Waals surface area contributed by atoms with Gasteiger partial charge >= 0.3 is 0 Å². The molecule has 130 valence electrons. The van der Waals surface area contributed by atoms with Crippen LogP contribution in [0.25, 0.3) is 0 Å². The summed E-state index contributed by atoms with van der Waals surface area (Å²) in [5, 5.41) is 10.5. The van der Waals surface area contributed by atoms with Crippen LogP contribution in [0, 0.1) is 40.4 Å². The van der Waals surface area contributed by atoms with Gasteiger partial charge in [-0.15, -0.1) is 0 Å². The Morgan fingerprint density at radius 1 is 0.913 bits per heavy atom. The Labute approximate surface area is 141 Å². The summed E-state index contributed by atoms with van der Waals surface area (Å²) in [7, 11) is 0. The highest BCUT2D eigenvalue weighted by Gasteiger charge is 2.60. The molecule has 0 radical (unpaired) electrons. The van der Waals surface area contributed by atoms with Crippen LogP contribution in [0.3, 0.4) is 0 Å². The van der Waals surface area contributed by atoms with Crippen molar-refractivity contribution in [2.75, 3.05) is 0 Å². The van der Waals surface area contributed by atoms with Crippen LogP contribution >= 0.6 is 0 Å². The van der Waals surface area contributed by atoms with Crippen LogP contribution in [-0.2, 0) is 4.79 Å². The minimum Gasteiger partial charge on any atom is -0.393 e. The van der Waals surface area contributed by atoms with Crippen LogP contribution < -0.4 is 0 Å². The van der Waals surface area contributed by atoms with E-state index in [-0.39, 0.29) is 11.5 Å². The topological polar surface area (TPSA) is 37.3 Å². The molecule has 23 heavy (non-hydrogen) atoms. The molecule has 0 saturated heterocycles. The highest BCUT2D eigenvalue weighted by Crippen LogP contribution is 2.66. The van der Waals surface area contributed by atoms with Crippen LogP contribution in [0.1, 0.15) is 78.6 Å². The number of rotatable bonds is 1. The first kappa shape index (κ1) is 16.1. The van der Waals surface area contributed by atoms with Gasteiger partial charge in [0.05, 0.1) is 6.10 Å². The van der Waals surface area contributed by atoms with E-state index in [0.29, 0.717) is 17.1 Å². The van der Waals surface area contributed by atoms with Gasteiger partial charge in [0.25, 0.3) is 0 Å². The molecule has 0 aromatic carbocycles. The molecule has 2 heteroatoms. The predicted molar refractivity (Wildman–Crippen MR) is 91.9 cm³/mol. The van der Waals surface area contributed by atoms with E-state index in [1.807, 2.05) is 0 Å². The Morgan fingerprint density at radius 2 is 1.61 bits per heavy atom. The molecular formula is C21H34O2. The summed E-state index contributed by atoms with van der Waals surface area (Å²) in [4.78, 5) is 11.9. The number of Topliss-reactive ketones (excluding diaryl/α,β-unsaturated/α-hetero) is 1. The van der Waals surface area contributed by atoms with Crippen molar-refractivity contribution in [1.82, 2.24) is 0 Å². The van der Waals surface area contributed by atoms with Crippen LogP contribution in [0.15, 0.2) is 0 Å². The summed E-state index contributed by atoms with van der Waals surface area (Å²) in [5.41, 5.74) is 0.657. The average molecular weight is 319 g/mol. The van der Waals surface area contributed by atoms with E-state index in [9.17, 15) is 9.90 Å². The van der Waals surface area contributed by atoms with Crippen LogP contribution in [0.2, 0.25) is 0 Å². The molecule has 4 saturated carbocycles. The van der Waals surface area contributed by atoms with E-state index in [0.717, 1.165) is 42.9 Å². The first-order chi connectivity index (χ1) is 10.9. The smallest absolute Gasteiger partial charge is 0.132 e. The van der Waals surface area contributed by atoms with Gasteiger partial charge in [0.15, 0.2) is 0 Å². The minimum atomic E-state index is -0.0626. The summed E-state index contributed by atoms with van der Waals surface area (Å²) in [6.07, 6.45) is 10.9. The third kappa shape index (κ3) is 2.19. The van der Waals surface area contributed by atoms with Gasteiger partial charge in [-0.2, -0.15) is 0 Å². The number of aliphatic hydroxyl groups excluding tert-OH is 1. The largest absolute Gasteiger partial charge is 0.393 e. The normalized spacial score (nSPS) is 55.7. The molecule has 0 aromatic rings. The second-order valence-electron chi connectivity index (χ2n) is 9.88. The fourth-order valence-corrected chi connectivity index (χ4v) is 7.60. The van der Waals surface area contributed by atoms with Gasteiger partial charge in [-0.1, -0.05) is 13.8 Å². The van der Waals surface area contributed by atoms with Gasteiger partial charge in [-0.25, -0.2) is 0 Å². The molecule has 0 spiro atoms. The Kier molecular flexibility index (Phi) is 3.72. The molecule has 8 atom stereocenters. The fraction of sp³-hybridized carbons (Fsp3) is 0.952. The number of carbonyl (C=O) groups excluding carboxylic acids is 1. The Hall–Kier alpha value is -0.370. The number of carbonyl (C=O) groups is 1. The Bertz CT molecular complexity index is 500. The van der Waals surface area contributed by atoms with Crippen molar-refractivity contribution in [3.8, 4) is 0 Å². The number of fused-ring (bicyclic) bond motifs is 5.